The Hall–Kier alpha value is -1.93. The Bertz CT molecular complexity index is 1160. The molecule has 0 amide bonds. The standard InChI is InChI=1S/C45H81O13P/c1-3-5-7-9-11-13-15-17-19-21-23-25-27-29-31-33-38(46)55-35-37(36-56-59(53,54)58-45-43(51)41(49)40(48)42(50)44(45)52)57-39(47)34-32-30-28-26-24-22-20-18-16-14-12-10-8-6-4-2/h4,17,19,23,25,37,40-45,48-52H,2-3,5-16,18,20-22,24,26-36H2,1H3,(H,53,54)/b19-17+,25-23+/t37-,40?,41-,42?,43?,44?,45?/m1/s1. The molecule has 1 rings (SSSR count). The number of phosphoric acid groups is 1. The summed E-state index contributed by atoms with van der Waals surface area (Å²) in [6.07, 6.45) is 25.2. The normalized spacial score (nSPS) is 22.4. The number of hydrogen-bond acceptors (Lipinski definition) is 12. The summed E-state index contributed by atoms with van der Waals surface area (Å²) in [5.41, 5.74) is 0. The van der Waals surface area contributed by atoms with Crippen LogP contribution >= 0.6 is 7.82 Å². The van der Waals surface area contributed by atoms with Crippen LogP contribution in [0, 0.1) is 0 Å². The highest BCUT2D eigenvalue weighted by Crippen LogP contribution is 2.47. The van der Waals surface area contributed by atoms with E-state index in [9.17, 15) is 44.6 Å². The summed E-state index contributed by atoms with van der Waals surface area (Å²) in [4.78, 5) is 35.6. The average Bonchev–Trinajstić information content (AvgIpc) is 3.21. The van der Waals surface area contributed by atoms with Crippen LogP contribution in [0.2, 0.25) is 0 Å². The van der Waals surface area contributed by atoms with Crippen LogP contribution in [0.1, 0.15) is 180 Å². The van der Waals surface area contributed by atoms with E-state index in [1.54, 1.807) is 0 Å². The number of aliphatic hydroxyl groups excluding tert-OH is 5. The molecule has 0 bridgehead atoms. The number of unbranched alkanes of at least 4 members (excludes halogenated alkanes) is 21. The van der Waals surface area contributed by atoms with Gasteiger partial charge < -0.3 is 39.9 Å². The van der Waals surface area contributed by atoms with Crippen LogP contribution in [-0.2, 0) is 32.7 Å². The number of allylic oxidation sites excluding steroid dienone is 5. The Morgan fingerprint density at radius 2 is 1.00 bits per heavy atom. The first-order chi connectivity index (χ1) is 28.4. The predicted octanol–water partition coefficient (Wildman–Crippen LogP) is 8.61. The van der Waals surface area contributed by atoms with Crippen LogP contribution in [0.3, 0.4) is 0 Å². The van der Waals surface area contributed by atoms with Gasteiger partial charge in [0.25, 0.3) is 0 Å². The number of carbonyl (C=O) groups excluding carboxylic acids is 2. The van der Waals surface area contributed by atoms with E-state index in [2.05, 4.69) is 37.8 Å². The molecule has 0 saturated heterocycles. The molecule has 0 aromatic carbocycles. The highest BCUT2D eigenvalue weighted by molar-refractivity contribution is 7.47. The third-order valence-electron chi connectivity index (χ3n) is 10.6. The number of ether oxygens (including phenoxy) is 2. The number of phosphoric ester groups is 1. The molecule has 1 aliphatic rings. The van der Waals surface area contributed by atoms with Gasteiger partial charge in [-0.3, -0.25) is 18.6 Å². The van der Waals surface area contributed by atoms with Crippen molar-refractivity contribution in [2.24, 2.45) is 0 Å². The van der Waals surface area contributed by atoms with E-state index in [1.165, 1.54) is 89.9 Å². The molecule has 1 aliphatic carbocycles. The summed E-state index contributed by atoms with van der Waals surface area (Å²) in [5, 5.41) is 50.1. The Labute approximate surface area is 355 Å². The van der Waals surface area contributed by atoms with E-state index in [0.717, 1.165) is 57.8 Å². The van der Waals surface area contributed by atoms with Gasteiger partial charge in [-0.15, -0.1) is 6.58 Å². The molecule has 0 aromatic rings. The van der Waals surface area contributed by atoms with E-state index in [-0.39, 0.29) is 12.8 Å². The Morgan fingerprint density at radius 1 is 0.576 bits per heavy atom. The topological polar surface area (TPSA) is 210 Å². The fourth-order valence-electron chi connectivity index (χ4n) is 6.89. The first-order valence-electron chi connectivity index (χ1n) is 22.8. The summed E-state index contributed by atoms with van der Waals surface area (Å²) < 4.78 is 33.5. The average molecular weight is 861 g/mol. The molecular weight excluding hydrogens is 779 g/mol. The number of esters is 2. The Kier molecular flexibility index (Phi) is 33.3. The quantitative estimate of drug-likeness (QED) is 0.0149. The molecule has 59 heavy (non-hydrogen) atoms. The smallest absolute Gasteiger partial charge is 0.462 e. The molecule has 0 radical (unpaired) electrons. The van der Waals surface area contributed by atoms with Gasteiger partial charge in [0.2, 0.25) is 0 Å². The van der Waals surface area contributed by atoms with Crippen molar-refractivity contribution < 1.29 is 63.1 Å². The number of carbonyl (C=O) groups is 2. The van der Waals surface area contributed by atoms with Gasteiger partial charge in [0.1, 0.15) is 43.2 Å². The van der Waals surface area contributed by atoms with Gasteiger partial charge in [-0.25, -0.2) is 4.57 Å². The summed E-state index contributed by atoms with van der Waals surface area (Å²) in [6, 6.07) is 0. The van der Waals surface area contributed by atoms with Crippen molar-refractivity contribution in [2.45, 2.75) is 223 Å². The van der Waals surface area contributed by atoms with Gasteiger partial charge in [0.05, 0.1) is 6.61 Å². The lowest BCUT2D eigenvalue weighted by Crippen LogP contribution is -2.64. The fraction of sp³-hybridized carbons (Fsp3) is 0.822. The second-order valence-electron chi connectivity index (χ2n) is 16.0. The summed E-state index contributed by atoms with van der Waals surface area (Å²) >= 11 is 0. The van der Waals surface area contributed by atoms with Gasteiger partial charge in [0, 0.05) is 12.8 Å². The van der Waals surface area contributed by atoms with Crippen molar-refractivity contribution in [3.05, 3.63) is 37.0 Å². The number of hydrogen-bond donors (Lipinski definition) is 6. The van der Waals surface area contributed by atoms with E-state index in [4.69, 9.17) is 18.5 Å². The minimum atomic E-state index is -5.12. The van der Waals surface area contributed by atoms with Crippen molar-refractivity contribution in [1.29, 1.82) is 0 Å². The molecule has 344 valence electrons. The molecule has 8 atom stereocenters. The molecule has 1 fully saturated rings. The zero-order chi connectivity index (χ0) is 43.6. The second kappa shape index (κ2) is 35.6. The highest BCUT2D eigenvalue weighted by Gasteiger charge is 2.51. The second-order valence-corrected chi connectivity index (χ2v) is 17.4. The van der Waals surface area contributed by atoms with E-state index in [1.807, 2.05) is 6.08 Å². The summed E-state index contributed by atoms with van der Waals surface area (Å²) in [5.74, 6) is -1.14. The molecule has 6 N–H and O–H groups in total. The molecule has 0 spiro atoms. The van der Waals surface area contributed by atoms with Crippen molar-refractivity contribution in [1.82, 2.24) is 0 Å². The molecule has 14 heteroatoms. The first-order valence-corrected chi connectivity index (χ1v) is 24.2. The lowest BCUT2D eigenvalue weighted by molar-refractivity contribution is -0.220. The van der Waals surface area contributed by atoms with Gasteiger partial charge in [-0.2, -0.15) is 0 Å². The van der Waals surface area contributed by atoms with Gasteiger partial charge >= 0.3 is 19.8 Å². The van der Waals surface area contributed by atoms with Crippen molar-refractivity contribution >= 4 is 19.8 Å². The Balaban J connectivity index is 2.48. The third kappa shape index (κ3) is 28.3. The molecule has 0 heterocycles. The minimum Gasteiger partial charge on any atom is -0.462 e. The molecular formula is C45H81O13P. The molecule has 6 unspecified atom stereocenters. The molecule has 1 saturated carbocycles. The van der Waals surface area contributed by atoms with Crippen LogP contribution in [0.4, 0.5) is 0 Å². The Morgan fingerprint density at radius 3 is 1.53 bits per heavy atom. The van der Waals surface area contributed by atoms with E-state index < -0.39 is 75.7 Å². The SMILES string of the molecule is C=CCCCCCCCCCCCCCCCC(=O)O[C@H](COC(=O)CCCC/C=C/C/C=C/CCCCCCCC)COP(=O)(O)OC1C(O)C(O)C(O)[C@@H](O)C1O. The van der Waals surface area contributed by atoms with E-state index in [0.29, 0.717) is 12.8 Å². The van der Waals surface area contributed by atoms with Crippen LogP contribution in [-0.4, -0.2) is 98.3 Å². The molecule has 13 nitrogen and oxygen atoms in total. The molecule has 0 aromatic heterocycles. The van der Waals surface area contributed by atoms with Gasteiger partial charge in [0.15, 0.2) is 6.10 Å². The zero-order valence-electron chi connectivity index (χ0n) is 36.1. The minimum absolute atomic E-state index is 0.0888. The predicted molar refractivity (Wildman–Crippen MR) is 230 cm³/mol. The van der Waals surface area contributed by atoms with Gasteiger partial charge in [-0.1, -0.05) is 140 Å². The van der Waals surface area contributed by atoms with Crippen molar-refractivity contribution in [3.8, 4) is 0 Å². The summed E-state index contributed by atoms with van der Waals surface area (Å²) in [7, 11) is -5.12. The maximum atomic E-state index is 12.8. The van der Waals surface area contributed by atoms with Crippen molar-refractivity contribution in [3.63, 3.8) is 0 Å². The lowest BCUT2D eigenvalue weighted by atomic mass is 9.85. The summed E-state index contributed by atoms with van der Waals surface area (Å²) in [6.45, 7) is 4.79. The van der Waals surface area contributed by atoms with Crippen LogP contribution < -0.4 is 0 Å². The van der Waals surface area contributed by atoms with Crippen LogP contribution in [0.25, 0.3) is 0 Å². The largest absolute Gasteiger partial charge is 0.472 e. The van der Waals surface area contributed by atoms with Crippen LogP contribution in [0.5, 0.6) is 0 Å². The zero-order valence-corrected chi connectivity index (χ0v) is 37.0. The monoisotopic (exact) mass is 861 g/mol. The number of rotatable bonds is 38. The fourth-order valence-corrected chi connectivity index (χ4v) is 7.86. The number of aliphatic hydroxyl groups is 5. The maximum Gasteiger partial charge on any atom is 0.472 e. The van der Waals surface area contributed by atoms with E-state index >= 15 is 0 Å². The maximum absolute atomic E-state index is 12.8. The lowest BCUT2D eigenvalue weighted by Gasteiger charge is -2.41. The highest BCUT2D eigenvalue weighted by atomic mass is 31.2. The first kappa shape index (κ1) is 55.1. The third-order valence-corrected chi connectivity index (χ3v) is 11.6. The van der Waals surface area contributed by atoms with Crippen molar-refractivity contribution in [2.75, 3.05) is 13.2 Å². The van der Waals surface area contributed by atoms with Gasteiger partial charge in [-0.05, 0) is 57.8 Å². The molecule has 0 aliphatic heterocycles. The van der Waals surface area contributed by atoms with Crippen LogP contribution in [0.15, 0.2) is 37.0 Å².